The molecule has 0 heterocycles. The first-order chi connectivity index (χ1) is 25.9. The number of hydrogen-bond acceptors (Lipinski definition) is 0. The monoisotopic (exact) mass is 860 g/mol. The van der Waals surface area contributed by atoms with Gasteiger partial charge >= 0.3 is 0 Å². The third-order valence-corrected chi connectivity index (χ3v) is 15.5. The third-order valence-electron chi connectivity index (χ3n) is 9.46. The predicted molar refractivity (Wildman–Crippen MR) is 166 cm³/mol. The minimum atomic E-state index is -4.72. The van der Waals surface area contributed by atoms with Gasteiger partial charge in [0, 0.05) is 22.7 Å². The Hall–Kier alpha value is -4.11. The molecule has 56 heavy (non-hydrogen) atoms. The molecule has 0 fully saturated rings. The highest BCUT2D eigenvalue weighted by Gasteiger charge is 2.44. The van der Waals surface area contributed by atoms with Crippen LogP contribution in [0.3, 0.4) is 0 Å². The second kappa shape index (κ2) is 15.3. The van der Waals surface area contributed by atoms with Gasteiger partial charge in [-0.05, 0) is 61.1 Å². The second-order valence-corrected chi connectivity index (χ2v) is 16.8. The van der Waals surface area contributed by atoms with E-state index in [0.29, 0.717) is 22.3 Å². The van der Waals surface area contributed by atoms with Gasteiger partial charge in [-0.1, -0.05) is 11.1 Å². The van der Waals surface area contributed by atoms with Crippen LogP contribution in [0.4, 0.5) is 83.4 Å². The van der Waals surface area contributed by atoms with Crippen molar-refractivity contribution in [2.75, 3.05) is 5.90 Å². The van der Waals surface area contributed by atoms with E-state index in [-0.39, 0.29) is 0 Å². The lowest BCUT2D eigenvalue weighted by molar-refractivity contribution is 0.383. The molecular weight excluding hydrogens is 843 g/mol. The van der Waals surface area contributed by atoms with E-state index in [1.54, 1.807) is 0 Å². The largest absolute Gasteiger partial charge is 0.203 e. The van der Waals surface area contributed by atoms with Crippen molar-refractivity contribution in [1.82, 2.24) is 0 Å². The Bertz CT molecular complexity index is 2260. The molecule has 1 atom stereocenters. The molecule has 1 aliphatic rings. The van der Waals surface area contributed by atoms with Crippen molar-refractivity contribution >= 4 is 37.1 Å². The van der Waals surface area contributed by atoms with Crippen molar-refractivity contribution in [3.8, 4) is 0 Å². The maximum Gasteiger partial charge on any atom is 0.200 e. The molecule has 21 heteroatoms. The van der Waals surface area contributed by atoms with Crippen molar-refractivity contribution in [3.63, 3.8) is 0 Å². The van der Waals surface area contributed by atoms with E-state index < -0.39 is 171 Å². The zero-order chi connectivity index (χ0) is 42.3. The van der Waals surface area contributed by atoms with Crippen molar-refractivity contribution in [1.29, 1.82) is 0 Å². The van der Waals surface area contributed by atoms with Gasteiger partial charge in [0.2, 0.25) is 17.5 Å². The van der Waals surface area contributed by atoms with Crippen molar-refractivity contribution in [2.45, 2.75) is 34.1 Å². The van der Waals surface area contributed by atoms with Crippen LogP contribution in [-0.4, -0.2) is 5.90 Å². The smallest absolute Gasteiger partial charge is 0.200 e. The van der Waals surface area contributed by atoms with E-state index in [1.165, 1.54) is 27.7 Å². The van der Waals surface area contributed by atoms with E-state index in [0.717, 1.165) is 0 Å². The van der Waals surface area contributed by atoms with Gasteiger partial charge in [-0.15, -0.1) is 0 Å². The van der Waals surface area contributed by atoms with Crippen LogP contribution in [0.5, 0.6) is 0 Å². The van der Waals surface area contributed by atoms with E-state index in [1.807, 2.05) is 0 Å². The Balaban J connectivity index is 2.02. The highest BCUT2D eigenvalue weighted by molar-refractivity contribution is 7.88. The molecule has 0 saturated heterocycles. The molecule has 0 radical (unpaired) electrons. The average molecular weight is 860 g/mol. The van der Waals surface area contributed by atoms with Crippen LogP contribution in [0.1, 0.15) is 33.3 Å². The molecule has 5 rings (SSSR count). The van der Waals surface area contributed by atoms with Crippen LogP contribution in [-0.2, 0) is 6.42 Å². The fraction of sp³-hybridized carbons (Fsp3) is 0.200. The first kappa shape index (κ1) is 43.0. The Kier molecular flexibility index (Phi) is 11.8. The maximum absolute atomic E-state index is 16.2. The summed E-state index contributed by atoms with van der Waals surface area (Å²) in [5.41, 5.74) is 0.0935. The number of hydrogen-bond donors (Lipinski definition) is 0. The van der Waals surface area contributed by atoms with Crippen LogP contribution in [0.15, 0.2) is 22.3 Å². The highest BCUT2D eigenvalue weighted by Crippen LogP contribution is 2.54. The van der Waals surface area contributed by atoms with E-state index in [2.05, 4.69) is 0 Å². The molecule has 1 aliphatic carbocycles. The minimum Gasteiger partial charge on any atom is -0.203 e. The Labute approximate surface area is 304 Å². The average Bonchev–Trinajstić information content (AvgIpc) is 3.34. The normalized spacial score (nSPS) is 14.4. The number of allylic oxidation sites excluding steroid dienone is 4. The van der Waals surface area contributed by atoms with Gasteiger partial charge < -0.3 is 0 Å². The maximum atomic E-state index is 16.2. The van der Waals surface area contributed by atoms with Gasteiger partial charge in [0.15, 0.2) is 93.1 Å². The molecule has 0 aromatic heterocycles. The quantitative estimate of drug-likeness (QED) is 0.0717. The van der Waals surface area contributed by atoms with Gasteiger partial charge in [0.1, 0.15) is 0 Å². The molecule has 0 nitrogen and oxygen atoms in total. The van der Waals surface area contributed by atoms with Crippen molar-refractivity contribution < 1.29 is 83.4 Å². The lowest BCUT2D eigenvalue weighted by Gasteiger charge is -2.30. The third kappa shape index (κ3) is 6.46. The van der Waals surface area contributed by atoms with E-state index in [9.17, 15) is 43.9 Å². The summed E-state index contributed by atoms with van der Waals surface area (Å²) in [6, 6.07) is 0. The van der Waals surface area contributed by atoms with Crippen LogP contribution >= 0.6 is 15.8 Å². The first-order valence-corrected chi connectivity index (χ1v) is 18.3. The van der Waals surface area contributed by atoms with Crippen LogP contribution in [0.25, 0.3) is 0 Å². The summed E-state index contributed by atoms with van der Waals surface area (Å²) >= 11 is 0. The molecule has 4 aromatic carbocycles. The molecule has 0 aliphatic heterocycles. The highest BCUT2D eigenvalue weighted by atomic mass is 31.2. The van der Waals surface area contributed by atoms with Crippen molar-refractivity contribution in [3.05, 3.63) is 138 Å². The molecule has 0 N–H and O–H groups in total. The summed E-state index contributed by atoms with van der Waals surface area (Å²) in [4.78, 5) is 0. The summed E-state index contributed by atoms with van der Waals surface area (Å²) in [6.45, 7) is 5.82. The summed E-state index contributed by atoms with van der Waals surface area (Å²) < 4.78 is 286. The molecular formula is C35H17F19P2. The SMILES string of the molecule is CC1=C(C)C(Cc2c(F)c(F)c(F)c(F)c2P(CP(c2c(F)c(F)c(F)c(F)c2F)c2c(F)c(F)c(F)c(F)c2F)c2c(F)c(F)c(F)c(F)c2F)C(C)=C1C. The summed E-state index contributed by atoms with van der Waals surface area (Å²) in [5.74, 6) is -59.2. The Morgan fingerprint density at radius 3 is 0.804 bits per heavy atom. The fourth-order valence-electron chi connectivity index (χ4n) is 6.22. The molecule has 4 aromatic rings. The van der Waals surface area contributed by atoms with Gasteiger partial charge in [0.25, 0.3) is 0 Å². The summed E-state index contributed by atoms with van der Waals surface area (Å²) in [7, 11) is -9.27. The first-order valence-electron chi connectivity index (χ1n) is 15.2. The molecule has 0 amide bonds. The lowest BCUT2D eigenvalue weighted by Crippen LogP contribution is -2.34. The van der Waals surface area contributed by atoms with Crippen LogP contribution in [0, 0.1) is 116 Å². The van der Waals surface area contributed by atoms with E-state index in [4.69, 9.17) is 0 Å². The molecule has 1 unspecified atom stereocenters. The molecule has 0 bridgehead atoms. The molecule has 0 saturated carbocycles. The summed E-state index contributed by atoms with van der Waals surface area (Å²) in [5, 5.41) is -9.34. The van der Waals surface area contributed by atoms with Gasteiger partial charge in [-0.25, -0.2) is 83.4 Å². The van der Waals surface area contributed by atoms with Gasteiger partial charge in [-0.3, -0.25) is 0 Å². The topological polar surface area (TPSA) is 0 Å². The zero-order valence-electron chi connectivity index (χ0n) is 28.1. The second-order valence-electron chi connectivity index (χ2n) is 12.2. The van der Waals surface area contributed by atoms with Crippen LogP contribution < -0.4 is 21.2 Å². The lowest BCUT2D eigenvalue weighted by atomic mass is 9.89. The minimum absolute atomic E-state index is 0.307. The predicted octanol–water partition coefficient (Wildman–Crippen LogP) is 10.7. The standard InChI is InChI=1S/C35H17F19P2/c1-7-8(2)10(4)11(9(7)3)5-12-13(36)14(37)18(41)25(48)32(12)55(33-26(49)19(42)15(38)20(43)27(33)50)6-56(34-28(51)21(44)16(39)22(45)29(34)52)35-30(53)23(46)17(40)24(47)31(35)54/h11H,5-6H2,1-4H3. The molecule has 0 spiro atoms. The van der Waals surface area contributed by atoms with Gasteiger partial charge in [-0.2, -0.15) is 0 Å². The number of benzene rings is 4. The van der Waals surface area contributed by atoms with Crippen molar-refractivity contribution in [2.24, 2.45) is 5.92 Å². The van der Waals surface area contributed by atoms with Crippen LogP contribution in [0.2, 0.25) is 0 Å². The number of rotatable bonds is 8. The number of halogens is 19. The summed E-state index contributed by atoms with van der Waals surface area (Å²) in [6.07, 6.45) is -1.08. The Morgan fingerprint density at radius 2 is 0.518 bits per heavy atom. The zero-order valence-corrected chi connectivity index (χ0v) is 29.9. The molecule has 300 valence electrons. The Morgan fingerprint density at radius 1 is 0.304 bits per heavy atom. The van der Waals surface area contributed by atoms with Gasteiger partial charge in [0.05, 0.1) is 15.9 Å². The van der Waals surface area contributed by atoms with E-state index >= 15 is 39.5 Å². The fourth-order valence-corrected chi connectivity index (χ4v) is 12.9.